The first kappa shape index (κ1) is 15.1. The number of hydrogen-bond donors (Lipinski definition) is 1. The summed E-state index contributed by atoms with van der Waals surface area (Å²) in [6.07, 6.45) is 0. The van der Waals surface area contributed by atoms with E-state index in [9.17, 15) is 0 Å². The van der Waals surface area contributed by atoms with E-state index in [1.807, 2.05) is 12.1 Å². The van der Waals surface area contributed by atoms with Gasteiger partial charge in [0.05, 0.1) is 24.8 Å². The molecule has 5 heteroatoms. The van der Waals surface area contributed by atoms with E-state index in [0.717, 1.165) is 23.1 Å². The van der Waals surface area contributed by atoms with Crippen LogP contribution in [0.3, 0.4) is 0 Å². The van der Waals surface area contributed by atoms with Crippen LogP contribution in [-0.4, -0.2) is 43.4 Å². The molecule has 0 aliphatic heterocycles. The summed E-state index contributed by atoms with van der Waals surface area (Å²) in [5.74, 6) is 0. The predicted molar refractivity (Wildman–Crippen MR) is 73.1 cm³/mol. The highest BCUT2D eigenvalue weighted by Gasteiger charge is 2.08. The van der Waals surface area contributed by atoms with Gasteiger partial charge in [-0.05, 0) is 17.7 Å². The Morgan fingerprint density at radius 3 is 2.78 bits per heavy atom. The highest BCUT2D eigenvalue weighted by molar-refractivity contribution is 9.10. The van der Waals surface area contributed by atoms with Crippen LogP contribution in [0.4, 0.5) is 0 Å². The summed E-state index contributed by atoms with van der Waals surface area (Å²) in [6.45, 7) is 2.85. The van der Waals surface area contributed by atoms with Gasteiger partial charge in [-0.1, -0.05) is 22.0 Å². The topological polar surface area (TPSA) is 56.5 Å². The summed E-state index contributed by atoms with van der Waals surface area (Å²) in [5.41, 5.74) is 1.73. The average molecular weight is 313 g/mol. The molecule has 0 spiro atoms. The van der Waals surface area contributed by atoms with Gasteiger partial charge in [0.15, 0.2) is 0 Å². The lowest BCUT2D eigenvalue weighted by Crippen LogP contribution is -2.30. The van der Waals surface area contributed by atoms with Gasteiger partial charge in [0.25, 0.3) is 0 Å². The molecule has 0 aliphatic carbocycles. The Hall–Kier alpha value is -0.930. The van der Waals surface area contributed by atoms with Crippen LogP contribution in [0.15, 0.2) is 22.7 Å². The van der Waals surface area contributed by atoms with Crippen LogP contribution in [0, 0.1) is 11.3 Å². The van der Waals surface area contributed by atoms with E-state index in [0.29, 0.717) is 18.7 Å². The smallest absolute Gasteiger partial charge is 0.0992 e. The van der Waals surface area contributed by atoms with Crippen LogP contribution >= 0.6 is 15.9 Å². The SMILES string of the molecule is COCCN(CCO)Cc1ccc(C#N)cc1Br. The number of nitriles is 1. The molecule has 18 heavy (non-hydrogen) atoms. The van der Waals surface area contributed by atoms with Gasteiger partial charge in [-0.2, -0.15) is 5.26 Å². The highest BCUT2D eigenvalue weighted by Crippen LogP contribution is 2.20. The molecule has 0 aromatic heterocycles. The molecule has 0 saturated heterocycles. The van der Waals surface area contributed by atoms with Crippen molar-refractivity contribution in [3.63, 3.8) is 0 Å². The minimum Gasteiger partial charge on any atom is -0.395 e. The van der Waals surface area contributed by atoms with E-state index in [-0.39, 0.29) is 6.61 Å². The molecule has 0 fully saturated rings. The molecule has 4 nitrogen and oxygen atoms in total. The van der Waals surface area contributed by atoms with E-state index < -0.39 is 0 Å². The van der Waals surface area contributed by atoms with E-state index in [4.69, 9.17) is 15.1 Å². The van der Waals surface area contributed by atoms with Crippen molar-refractivity contribution in [2.24, 2.45) is 0 Å². The van der Waals surface area contributed by atoms with Gasteiger partial charge >= 0.3 is 0 Å². The molecule has 0 radical (unpaired) electrons. The zero-order valence-electron chi connectivity index (χ0n) is 10.4. The molecule has 98 valence electrons. The lowest BCUT2D eigenvalue weighted by atomic mass is 10.1. The Morgan fingerprint density at radius 1 is 1.44 bits per heavy atom. The standard InChI is InChI=1S/C13H17BrN2O2/c1-18-7-5-16(4-6-17)10-12-3-2-11(9-15)8-13(12)14/h2-3,8,17H,4-7,10H2,1H3. The van der Waals surface area contributed by atoms with Gasteiger partial charge in [0.2, 0.25) is 0 Å². The van der Waals surface area contributed by atoms with Crippen LogP contribution in [0.25, 0.3) is 0 Å². The van der Waals surface area contributed by atoms with Crippen LogP contribution in [0.2, 0.25) is 0 Å². The molecule has 0 saturated carbocycles. The number of hydrogen-bond acceptors (Lipinski definition) is 4. The Labute approximate surface area is 116 Å². The molecular weight excluding hydrogens is 296 g/mol. The van der Waals surface area contributed by atoms with Gasteiger partial charge in [0.1, 0.15) is 0 Å². The van der Waals surface area contributed by atoms with Crippen LogP contribution in [-0.2, 0) is 11.3 Å². The van der Waals surface area contributed by atoms with Crippen molar-refractivity contribution >= 4 is 15.9 Å². The lowest BCUT2D eigenvalue weighted by Gasteiger charge is -2.21. The molecule has 1 aromatic rings. The Kier molecular flexibility index (Phi) is 6.91. The number of nitrogens with zero attached hydrogens (tertiary/aromatic N) is 2. The van der Waals surface area contributed by atoms with E-state index in [1.54, 1.807) is 13.2 Å². The minimum absolute atomic E-state index is 0.123. The minimum atomic E-state index is 0.123. The summed E-state index contributed by atoms with van der Waals surface area (Å²) in [7, 11) is 1.66. The van der Waals surface area contributed by atoms with Crippen molar-refractivity contribution in [1.82, 2.24) is 4.90 Å². The third kappa shape index (κ3) is 4.75. The Balaban J connectivity index is 2.71. The van der Waals surface area contributed by atoms with Gasteiger partial charge < -0.3 is 9.84 Å². The van der Waals surface area contributed by atoms with Crippen LogP contribution in [0.1, 0.15) is 11.1 Å². The normalized spacial score (nSPS) is 10.6. The fourth-order valence-corrected chi connectivity index (χ4v) is 2.12. The monoisotopic (exact) mass is 312 g/mol. The number of aliphatic hydroxyl groups excluding tert-OH is 1. The largest absolute Gasteiger partial charge is 0.395 e. The van der Waals surface area contributed by atoms with Gasteiger partial charge in [0, 0.05) is 31.2 Å². The maximum atomic E-state index is 9.03. The molecule has 0 unspecified atom stereocenters. The van der Waals surface area contributed by atoms with E-state index >= 15 is 0 Å². The van der Waals surface area contributed by atoms with Crippen LogP contribution < -0.4 is 0 Å². The zero-order chi connectivity index (χ0) is 13.4. The van der Waals surface area contributed by atoms with Crippen molar-refractivity contribution < 1.29 is 9.84 Å². The Morgan fingerprint density at radius 2 is 2.22 bits per heavy atom. The molecule has 1 rings (SSSR count). The molecule has 0 atom stereocenters. The molecule has 1 N–H and O–H groups in total. The third-order valence-corrected chi connectivity index (χ3v) is 3.34. The second-order valence-corrected chi connectivity index (χ2v) is 4.76. The third-order valence-electron chi connectivity index (χ3n) is 2.60. The summed E-state index contributed by atoms with van der Waals surface area (Å²) < 4.78 is 5.96. The first-order valence-corrected chi connectivity index (χ1v) is 6.51. The van der Waals surface area contributed by atoms with Crippen molar-refractivity contribution in [3.05, 3.63) is 33.8 Å². The number of aliphatic hydroxyl groups is 1. The maximum Gasteiger partial charge on any atom is 0.0992 e. The molecular formula is C13H17BrN2O2. The Bertz CT molecular complexity index is 418. The van der Waals surface area contributed by atoms with Crippen molar-refractivity contribution in [3.8, 4) is 6.07 Å². The number of ether oxygens (including phenoxy) is 1. The molecule has 0 amide bonds. The summed E-state index contributed by atoms with van der Waals surface area (Å²) in [5, 5.41) is 17.8. The number of benzene rings is 1. The number of methoxy groups -OCH3 is 1. The number of halogens is 1. The molecule has 1 aromatic carbocycles. The fraction of sp³-hybridized carbons (Fsp3) is 0.462. The summed E-state index contributed by atoms with van der Waals surface area (Å²) >= 11 is 3.46. The maximum absolute atomic E-state index is 9.03. The molecule has 0 heterocycles. The second-order valence-electron chi connectivity index (χ2n) is 3.91. The van der Waals surface area contributed by atoms with E-state index in [2.05, 4.69) is 26.9 Å². The summed E-state index contributed by atoms with van der Waals surface area (Å²) in [6, 6.07) is 7.64. The summed E-state index contributed by atoms with van der Waals surface area (Å²) in [4.78, 5) is 2.11. The zero-order valence-corrected chi connectivity index (χ0v) is 12.0. The van der Waals surface area contributed by atoms with Gasteiger partial charge in [-0.3, -0.25) is 4.90 Å². The van der Waals surface area contributed by atoms with Gasteiger partial charge in [-0.25, -0.2) is 0 Å². The van der Waals surface area contributed by atoms with E-state index in [1.165, 1.54) is 0 Å². The van der Waals surface area contributed by atoms with Crippen molar-refractivity contribution in [2.45, 2.75) is 6.54 Å². The first-order chi connectivity index (χ1) is 8.71. The highest BCUT2D eigenvalue weighted by atomic mass is 79.9. The van der Waals surface area contributed by atoms with Gasteiger partial charge in [-0.15, -0.1) is 0 Å². The predicted octanol–water partition coefficient (Wildman–Crippen LogP) is 1.76. The average Bonchev–Trinajstić information content (AvgIpc) is 2.38. The first-order valence-electron chi connectivity index (χ1n) is 5.72. The van der Waals surface area contributed by atoms with Crippen molar-refractivity contribution in [1.29, 1.82) is 5.26 Å². The molecule has 0 aliphatic rings. The van der Waals surface area contributed by atoms with Crippen LogP contribution in [0.5, 0.6) is 0 Å². The van der Waals surface area contributed by atoms with Crippen molar-refractivity contribution in [2.75, 3.05) is 33.4 Å². The lowest BCUT2D eigenvalue weighted by molar-refractivity contribution is 0.126. The number of rotatable bonds is 7. The second kappa shape index (κ2) is 8.22. The molecule has 0 bridgehead atoms. The fourth-order valence-electron chi connectivity index (χ4n) is 1.62. The quantitative estimate of drug-likeness (QED) is 0.833.